The molecule has 4 heterocycles. The van der Waals surface area contributed by atoms with E-state index in [0.717, 1.165) is 39.6 Å². The zero-order valence-corrected chi connectivity index (χ0v) is 13.0. The van der Waals surface area contributed by atoms with Gasteiger partial charge in [0, 0.05) is 17.6 Å². The highest BCUT2D eigenvalue weighted by atomic mass is 16.5. The minimum absolute atomic E-state index is 0.103. The minimum atomic E-state index is 0.103. The van der Waals surface area contributed by atoms with Crippen molar-refractivity contribution in [1.29, 1.82) is 0 Å². The maximum Gasteiger partial charge on any atom is 0.423 e. The molecule has 0 aliphatic carbocycles. The van der Waals surface area contributed by atoms with Crippen LogP contribution < -0.4 is 35.3 Å². The number of rotatable bonds is 0. The van der Waals surface area contributed by atoms with Crippen molar-refractivity contribution in [3.05, 3.63) is 54.9 Å². The van der Waals surface area contributed by atoms with E-state index >= 15 is 0 Å². The second-order valence-electron chi connectivity index (χ2n) is 6.04. The van der Waals surface area contributed by atoms with Crippen LogP contribution in [0.5, 0.6) is 23.0 Å². The van der Waals surface area contributed by atoms with Gasteiger partial charge in [0.25, 0.3) is 0 Å². The number of benzene rings is 1. The summed E-state index contributed by atoms with van der Waals surface area (Å²) >= 11 is 0. The Morgan fingerprint density at radius 1 is 0.696 bits per heavy atom. The van der Waals surface area contributed by atoms with Gasteiger partial charge >= 0.3 is 6.71 Å². The predicted octanol–water partition coefficient (Wildman–Crippen LogP) is 0.0632. The van der Waals surface area contributed by atoms with Crippen LogP contribution in [0.2, 0.25) is 0 Å². The summed E-state index contributed by atoms with van der Waals surface area (Å²) in [6, 6.07) is 14.1. The molecule has 0 amide bonds. The van der Waals surface area contributed by atoms with Crippen LogP contribution in [0.25, 0.3) is 0 Å². The summed E-state index contributed by atoms with van der Waals surface area (Å²) in [5.74, 6) is 3.56. The molecule has 0 spiro atoms. The highest BCUT2D eigenvalue weighted by molar-refractivity contribution is 6.96. The number of aryl methyl sites for hydroxylation is 2. The first-order valence-corrected chi connectivity index (χ1v) is 7.70. The van der Waals surface area contributed by atoms with Crippen molar-refractivity contribution in [3.63, 3.8) is 0 Å². The van der Waals surface area contributed by atoms with Crippen LogP contribution in [0.15, 0.2) is 54.9 Å². The van der Waals surface area contributed by atoms with Gasteiger partial charge in [-0.25, -0.2) is 9.13 Å². The number of nitrogens with zero attached hydrogens (tertiary/aromatic N) is 2. The van der Waals surface area contributed by atoms with E-state index in [4.69, 9.17) is 9.47 Å². The molecule has 0 N–H and O–H groups in total. The molecule has 2 aliphatic rings. The van der Waals surface area contributed by atoms with Gasteiger partial charge in [-0.1, -0.05) is 6.07 Å². The molecular formula is C18H15BN2O2+2. The number of aromatic nitrogens is 2. The summed E-state index contributed by atoms with van der Waals surface area (Å²) in [6.45, 7) is 0.103. The number of ether oxygens (including phenoxy) is 2. The Kier molecular flexibility index (Phi) is 2.40. The highest BCUT2D eigenvalue weighted by Gasteiger charge is 2.51. The van der Waals surface area contributed by atoms with Crippen molar-refractivity contribution in [2.45, 2.75) is 0 Å². The van der Waals surface area contributed by atoms with E-state index in [1.54, 1.807) is 0 Å². The maximum absolute atomic E-state index is 6.15. The van der Waals surface area contributed by atoms with Gasteiger partial charge in [0.05, 0.1) is 0 Å². The van der Waals surface area contributed by atoms with E-state index in [2.05, 4.69) is 35.6 Å². The molecular weight excluding hydrogens is 287 g/mol. The molecule has 5 heteroatoms. The fourth-order valence-corrected chi connectivity index (χ4v) is 3.69. The number of hydrogen-bond acceptors (Lipinski definition) is 2. The molecule has 2 aromatic heterocycles. The normalized spacial score (nSPS) is 13.4. The van der Waals surface area contributed by atoms with Gasteiger partial charge in [0.2, 0.25) is 0 Å². The van der Waals surface area contributed by atoms with Crippen molar-refractivity contribution in [1.82, 2.24) is 0 Å². The van der Waals surface area contributed by atoms with Crippen molar-refractivity contribution in [2.75, 3.05) is 0 Å². The van der Waals surface area contributed by atoms with E-state index in [0.29, 0.717) is 0 Å². The molecule has 5 rings (SSSR count). The fourth-order valence-electron chi connectivity index (χ4n) is 3.69. The average Bonchev–Trinajstić information content (AvgIpc) is 2.55. The maximum atomic E-state index is 6.15. The third-order valence-electron chi connectivity index (χ3n) is 4.68. The van der Waals surface area contributed by atoms with Crippen LogP contribution in [-0.2, 0) is 14.1 Å². The van der Waals surface area contributed by atoms with Crippen LogP contribution in [-0.4, -0.2) is 6.71 Å². The third-order valence-corrected chi connectivity index (χ3v) is 4.68. The zero-order valence-electron chi connectivity index (χ0n) is 13.0. The fraction of sp³-hybridized carbons (Fsp3) is 0.111. The molecule has 110 valence electrons. The van der Waals surface area contributed by atoms with Gasteiger partial charge in [-0.2, -0.15) is 0 Å². The Labute approximate surface area is 134 Å². The highest BCUT2D eigenvalue weighted by Crippen LogP contribution is 2.32. The Balaban J connectivity index is 1.91. The molecule has 0 atom stereocenters. The molecule has 23 heavy (non-hydrogen) atoms. The first kappa shape index (κ1) is 12.7. The first-order valence-electron chi connectivity index (χ1n) is 7.70. The van der Waals surface area contributed by atoms with Crippen molar-refractivity contribution in [3.8, 4) is 23.0 Å². The van der Waals surface area contributed by atoms with E-state index < -0.39 is 0 Å². The molecule has 3 aromatic rings. The summed E-state index contributed by atoms with van der Waals surface area (Å²) in [4.78, 5) is 0. The van der Waals surface area contributed by atoms with Gasteiger partial charge < -0.3 is 9.47 Å². The lowest BCUT2D eigenvalue weighted by Gasteiger charge is -2.28. The predicted molar refractivity (Wildman–Crippen MR) is 86.5 cm³/mol. The van der Waals surface area contributed by atoms with Gasteiger partial charge in [0.15, 0.2) is 35.1 Å². The van der Waals surface area contributed by atoms with Crippen LogP contribution >= 0.6 is 0 Å². The van der Waals surface area contributed by atoms with Crippen LogP contribution in [0.1, 0.15) is 0 Å². The van der Waals surface area contributed by atoms with Crippen molar-refractivity contribution >= 4 is 23.4 Å². The van der Waals surface area contributed by atoms with Crippen LogP contribution in [0, 0.1) is 0 Å². The number of pyridine rings is 2. The largest absolute Gasteiger partial charge is 0.452 e. The standard InChI is InChI=1S/C18H15BN2O2/c1-20-10-4-8-14-17(20)19-16-12(22-14)6-3-7-13(16)23-15-9-5-11-21(2)18(15)19/h3-11H,1-2H3/q+2. The third kappa shape index (κ3) is 1.62. The van der Waals surface area contributed by atoms with Gasteiger partial charge in [0.1, 0.15) is 25.6 Å². The van der Waals surface area contributed by atoms with Crippen molar-refractivity contribution < 1.29 is 18.6 Å². The zero-order chi connectivity index (χ0) is 15.6. The van der Waals surface area contributed by atoms with Gasteiger partial charge in [-0.05, 0) is 24.3 Å². The van der Waals surface area contributed by atoms with E-state index in [9.17, 15) is 0 Å². The lowest BCUT2D eigenvalue weighted by atomic mass is 9.37. The Morgan fingerprint density at radius 3 is 1.70 bits per heavy atom. The van der Waals surface area contributed by atoms with E-state index in [-0.39, 0.29) is 6.71 Å². The monoisotopic (exact) mass is 302 g/mol. The second-order valence-corrected chi connectivity index (χ2v) is 6.04. The lowest BCUT2D eigenvalue weighted by Crippen LogP contribution is -2.73. The lowest BCUT2D eigenvalue weighted by molar-refractivity contribution is -0.659. The van der Waals surface area contributed by atoms with Crippen LogP contribution in [0.3, 0.4) is 0 Å². The first-order chi connectivity index (χ1) is 11.2. The second kappa shape index (κ2) is 4.35. The minimum Gasteiger partial charge on any atom is -0.452 e. The van der Waals surface area contributed by atoms with Crippen molar-refractivity contribution in [2.24, 2.45) is 14.1 Å². The molecule has 0 saturated carbocycles. The Morgan fingerprint density at radius 2 is 1.17 bits per heavy atom. The molecule has 4 nitrogen and oxygen atoms in total. The summed E-state index contributed by atoms with van der Waals surface area (Å²) < 4.78 is 16.6. The van der Waals surface area contributed by atoms with Gasteiger partial charge in [-0.3, -0.25) is 0 Å². The quantitative estimate of drug-likeness (QED) is 0.299. The average molecular weight is 302 g/mol. The number of hydrogen-bond donors (Lipinski definition) is 0. The topological polar surface area (TPSA) is 26.2 Å². The summed E-state index contributed by atoms with van der Waals surface area (Å²) in [5.41, 5.74) is 3.41. The molecule has 2 aliphatic heterocycles. The molecule has 0 saturated heterocycles. The van der Waals surface area contributed by atoms with E-state index in [1.165, 1.54) is 0 Å². The number of fused-ring (bicyclic) bond motifs is 4. The summed E-state index contributed by atoms with van der Waals surface area (Å²) in [6.07, 6.45) is 4.13. The molecule has 1 aromatic carbocycles. The Bertz CT molecular complexity index is 865. The SMILES string of the molecule is C[n+]1cccc2c1B1c3c(cccc3Oc3ccc[n+](C)c31)O2. The summed E-state index contributed by atoms with van der Waals surface area (Å²) in [7, 11) is 4.13. The molecule has 0 bridgehead atoms. The smallest absolute Gasteiger partial charge is 0.423 e. The molecule has 0 radical (unpaired) electrons. The molecule has 0 fully saturated rings. The van der Waals surface area contributed by atoms with Gasteiger partial charge in [-0.15, -0.1) is 0 Å². The Hall–Kier alpha value is -2.82. The molecule has 0 unspecified atom stereocenters. The summed E-state index contributed by atoms with van der Waals surface area (Å²) in [5, 5.41) is 0. The van der Waals surface area contributed by atoms with E-state index in [1.807, 2.05) is 42.5 Å². The van der Waals surface area contributed by atoms with Crippen LogP contribution in [0.4, 0.5) is 0 Å².